The molecule has 4 atom stereocenters. The van der Waals surface area contributed by atoms with E-state index >= 15 is 0 Å². The average Bonchev–Trinajstić information content (AvgIpc) is 2.99. The van der Waals surface area contributed by atoms with Crippen molar-refractivity contribution in [3.8, 4) is 0 Å². The smallest absolute Gasteiger partial charge is 0.0702 e. The van der Waals surface area contributed by atoms with Crippen molar-refractivity contribution in [3.63, 3.8) is 0 Å². The van der Waals surface area contributed by atoms with Gasteiger partial charge in [0.15, 0.2) is 0 Å². The molecule has 0 bridgehead atoms. The van der Waals surface area contributed by atoms with Crippen LogP contribution in [0.25, 0.3) is 0 Å². The quantitative estimate of drug-likeness (QED) is 0.777. The van der Waals surface area contributed by atoms with Gasteiger partial charge in [-0.25, -0.2) is 0 Å². The van der Waals surface area contributed by atoms with Gasteiger partial charge in [0.1, 0.15) is 0 Å². The van der Waals surface area contributed by atoms with Crippen LogP contribution in [0.3, 0.4) is 0 Å². The van der Waals surface area contributed by atoms with Crippen molar-refractivity contribution in [1.29, 1.82) is 0 Å². The van der Waals surface area contributed by atoms with Crippen LogP contribution in [0.5, 0.6) is 0 Å². The Balaban J connectivity index is 1.85. The number of hydrogen-bond donors (Lipinski definition) is 1. The van der Waals surface area contributed by atoms with Crippen molar-refractivity contribution in [3.05, 3.63) is 0 Å². The molecule has 20 heavy (non-hydrogen) atoms. The lowest BCUT2D eigenvalue weighted by Gasteiger charge is -2.39. The molecule has 0 spiro atoms. The molecule has 1 aliphatic heterocycles. The van der Waals surface area contributed by atoms with Crippen molar-refractivity contribution in [2.75, 3.05) is 33.3 Å². The van der Waals surface area contributed by atoms with Gasteiger partial charge in [0.25, 0.3) is 0 Å². The zero-order valence-electron chi connectivity index (χ0n) is 13.7. The SMILES string of the molecule is CCC1CCC(NC)C(CN(CC)CC2CCCO2)C1. The Hall–Kier alpha value is -0.120. The van der Waals surface area contributed by atoms with Crippen LogP contribution in [0.2, 0.25) is 0 Å². The lowest BCUT2D eigenvalue weighted by atomic mass is 9.76. The van der Waals surface area contributed by atoms with Crippen LogP contribution < -0.4 is 5.32 Å². The van der Waals surface area contributed by atoms with Crippen LogP contribution >= 0.6 is 0 Å². The number of hydrogen-bond acceptors (Lipinski definition) is 3. The van der Waals surface area contributed by atoms with E-state index in [-0.39, 0.29) is 0 Å². The largest absolute Gasteiger partial charge is 0.377 e. The second-order valence-electron chi connectivity index (χ2n) is 6.73. The molecule has 3 heteroatoms. The first-order valence-electron chi connectivity index (χ1n) is 8.78. The molecule has 1 aliphatic carbocycles. The minimum Gasteiger partial charge on any atom is -0.377 e. The third-order valence-electron chi connectivity index (χ3n) is 5.46. The van der Waals surface area contributed by atoms with E-state index in [9.17, 15) is 0 Å². The van der Waals surface area contributed by atoms with Crippen LogP contribution in [0, 0.1) is 11.8 Å². The van der Waals surface area contributed by atoms with E-state index in [0.717, 1.165) is 37.6 Å². The number of nitrogens with zero attached hydrogens (tertiary/aromatic N) is 1. The third kappa shape index (κ3) is 4.44. The molecule has 3 nitrogen and oxygen atoms in total. The summed E-state index contributed by atoms with van der Waals surface area (Å²) in [6.07, 6.45) is 8.53. The van der Waals surface area contributed by atoms with Crippen LogP contribution in [0.1, 0.15) is 52.4 Å². The summed E-state index contributed by atoms with van der Waals surface area (Å²) in [4.78, 5) is 2.63. The zero-order chi connectivity index (χ0) is 14.4. The molecule has 2 fully saturated rings. The first-order valence-corrected chi connectivity index (χ1v) is 8.78. The lowest BCUT2D eigenvalue weighted by Crippen LogP contribution is -2.46. The summed E-state index contributed by atoms with van der Waals surface area (Å²) in [5.74, 6) is 1.77. The van der Waals surface area contributed by atoms with Gasteiger partial charge in [-0.3, -0.25) is 0 Å². The molecule has 0 aromatic rings. The predicted molar refractivity (Wildman–Crippen MR) is 85.1 cm³/mol. The summed E-state index contributed by atoms with van der Waals surface area (Å²) in [6, 6.07) is 0.719. The number of ether oxygens (including phenoxy) is 1. The molecular weight excluding hydrogens is 248 g/mol. The average molecular weight is 282 g/mol. The summed E-state index contributed by atoms with van der Waals surface area (Å²) in [5.41, 5.74) is 0. The van der Waals surface area contributed by atoms with E-state index in [2.05, 4.69) is 31.1 Å². The molecule has 1 saturated carbocycles. The topological polar surface area (TPSA) is 24.5 Å². The summed E-state index contributed by atoms with van der Waals surface area (Å²) in [5, 5.41) is 3.56. The molecular formula is C17H34N2O. The van der Waals surface area contributed by atoms with Gasteiger partial charge < -0.3 is 15.0 Å². The van der Waals surface area contributed by atoms with Crippen LogP contribution in [-0.4, -0.2) is 50.3 Å². The Morgan fingerprint density at radius 2 is 2.00 bits per heavy atom. The van der Waals surface area contributed by atoms with Gasteiger partial charge in [-0.15, -0.1) is 0 Å². The highest BCUT2D eigenvalue weighted by atomic mass is 16.5. The van der Waals surface area contributed by atoms with Gasteiger partial charge >= 0.3 is 0 Å². The Morgan fingerprint density at radius 3 is 2.60 bits per heavy atom. The highest BCUT2D eigenvalue weighted by Gasteiger charge is 2.30. The Labute approximate surface area is 125 Å². The molecule has 1 saturated heterocycles. The third-order valence-corrected chi connectivity index (χ3v) is 5.46. The van der Waals surface area contributed by atoms with E-state index in [1.54, 1.807) is 0 Å². The summed E-state index contributed by atoms with van der Waals surface area (Å²) < 4.78 is 5.81. The van der Waals surface area contributed by atoms with E-state index < -0.39 is 0 Å². The molecule has 2 aliphatic rings. The molecule has 1 heterocycles. The fourth-order valence-electron chi connectivity index (χ4n) is 4.05. The molecule has 0 aromatic carbocycles. The van der Waals surface area contributed by atoms with Gasteiger partial charge in [-0.2, -0.15) is 0 Å². The normalized spacial score (nSPS) is 34.8. The monoisotopic (exact) mass is 282 g/mol. The van der Waals surface area contributed by atoms with Gasteiger partial charge in [0.05, 0.1) is 6.10 Å². The Morgan fingerprint density at radius 1 is 1.15 bits per heavy atom. The fourth-order valence-corrected chi connectivity index (χ4v) is 4.05. The summed E-state index contributed by atoms with van der Waals surface area (Å²) in [6.45, 7) is 9.17. The molecule has 0 amide bonds. The van der Waals surface area contributed by atoms with Crippen molar-refractivity contribution < 1.29 is 4.74 Å². The molecule has 2 rings (SSSR count). The second kappa shape index (κ2) is 8.35. The molecule has 4 unspecified atom stereocenters. The maximum atomic E-state index is 5.81. The summed E-state index contributed by atoms with van der Waals surface area (Å²) in [7, 11) is 2.14. The predicted octanol–water partition coefficient (Wildman–Crippen LogP) is 2.90. The maximum absolute atomic E-state index is 5.81. The summed E-state index contributed by atoms with van der Waals surface area (Å²) >= 11 is 0. The number of rotatable bonds is 7. The van der Waals surface area contributed by atoms with Crippen LogP contribution in [0.15, 0.2) is 0 Å². The number of likely N-dealkylation sites (N-methyl/N-ethyl adjacent to an activating group) is 1. The molecule has 118 valence electrons. The van der Waals surface area contributed by atoms with Crippen molar-refractivity contribution in [2.24, 2.45) is 11.8 Å². The van der Waals surface area contributed by atoms with Crippen LogP contribution in [-0.2, 0) is 4.74 Å². The second-order valence-corrected chi connectivity index (χ2v) is 6.73. The van der Waals surface area contributed by atoms with E-state index in [0.29, 0.717) is 6.10 Å². The molecule has 0 aromatic heterocycles. The highest BCUT2D eigenvalue weighted by Crippen LogP contribution is 2.32. The Bertz CT molecular complexity index is 266. The Kier molecular flexibility index (Phi) is 6.79. The first kappa shape index (κ1) is 16.3. The van der Waals surface area contributed by atoms with Crippen molar-refractivity contribution in [1.82, 2.24) is 10.2 Å². The van der Waals surface area contributed by atoms with E-state index in [1.807, 2.05) is 0 Å². The van der Waals surface area contributed by atoms with E-state index in [4.69, 9.17) is 4.74 Å². The van der Waals surface area contributed by atoms with Crippen molar-refractivity contribution >= 4 is 0 Å². The molecule has 0 radical (unpaired) electrons. The fraction of sp³-hybridized carbons (Fsp3) is 1.00. The van der Waals surface area contributed by atoms with E-state index in [1.165, 1.54) is 45.1 Å². The van der Waals surface area contributed by atoms with Gasteiger partial charge in [-0.05, 0) is 57.5 Å². The van der Waals surface area contributed by atoms with Gasteiger partial charge in [0.2, 0.25) is 0 Å². The first-order chi connectivity index (χ1) is 9.76. The van der Waals surface area contributed by atoms with Gasteiger partial charge in [-0.1, -0.05) is 20.3 Å². The van der Waals surface area contributed by atoms with Gasteiger partial charge in [0, 0.05) is 25.7 Å². The highest BCUT2D eigenvalue weighted by molar-refractivity contribution is 4.86. The van der Waals surface area contributed by atoms with Crippen molar-refractivity contribution in [2.45, 2.75) is 64.5 Å². The lowest BCUT2D eigenvalue weighted by molar-refractivity contribution is 0.0598. The number of nitrogens with one attached hydrogen (secondary N) is 1. The van der Waals surface area contributed by atoms with Crippen LogP contribution in [0.4, 0.5) is 0 Å². The maximum Gasteiger partial charge on any atom is 0.0702 e. The minimum atomic E-state index is 0.494. The molecule has 1 N–H and O–H groups in total. The standard InChI is InChI=1S/C17H34N2O/c1-4-14-8-9-17(18-3)15(11-14)12-19(5-2)13-16-7-6-10-20-16/h14-18H,4-13H2,1-3H3. The minimum absolute atomic E-state index is 0.494. The zero-order valence-corrected chi connectivity index (χ0v) is 13.7.